The molecule has 0 bridgehead atoms. The first kappa shape index (κ1) is 12.6. The van der Waals surface area contributed by atoms with Crippen LogP contribution in [0.15, 0.2) is 34.9 Å². The van der Waals surface area contributed by atoms with Crippen LogP contribution in [0.1, 0.15) is 11.3 Å². The lowest BCUT2D eigenvalue weighted by Crippen LogP contribution is -1.94. The molecule has 0 aliphatic rings. The van der Waals surface area contributed by atoms with E-state index in [1.807, 2.05) is 24.3 Å². The summed E-state index contributed by atoms with van der Waals surface area (Å²) in [7, 11) is 1.68. The first-order chi connectivity index (χ1) is 8.81. The highest BCUT2D eigenvalue weighted by Gasteiger charge is 2.05. The highest BCUT2D eigenvalue weighted by Crippen LogP contribution is 2.21. The van der Waals surface area contributed by atoms with E-state index in [-0.39, 0.29) is 12.7 Å². The fraction of sp³-hybridized carbons (Fsp3) is 0.308. The lowest BCUT2D eigenvalue weighted by Gasteiger charge is -2.03. The minimum Gasteiger partial charge on any atom is -0.417 e. The van der Waals surface area contributed by atoms with Crippen LogP contribution >= 0.6 is 0 Å². The Labute approximate surface area is 105 Å². The van der Waals surface area contributed by atoms with Gasteiger partial charge in [0, 0.05) is 7.11 Å². The van der Waals surface area contributed by atoms with Crippen LogP contribution in [0.4, 0.5) is 0 Å². The van der Waals surface area contributed by atoms with E-state index in [9.17, 15) is 0 Å². The number of aliphatic hydroxyl groups excluding tert-OH is 1. The third kappa shape index (κ3) is 3.32. The second kappa shape index (κ2) is 6.18. The number of rotatable bonds is 6. The topological polar surface area (TPSA) is 64.7 Å². The molecule has 1 N–H and O–H groups in total. The Balaban J connectivity index is 1.97. The molecule has 0 saturated heterocycles. The largest absolute Gasteiger partial charge is 0.417 e. The zero-order valence-electron chi connectivity index (χ0n) is 10.1. The van der Waals surface area contributed by atoms with Crippen molar-refractivity contribution in [1.82, 2.24) is 4.98 Å². The Hall–Kier alpha value is -1.85. The highest BCUT2D eigenvalue weighted by atomic mass is 16.6. The fourth-order valence-electron chi connectivity index (χ4n) is 1.45. The van der Waals surface area contributed by atoms with Crippen LogP contribution in [0.25, 0.3) is 0 Å². The normalized spacial score (nSPS) is 10.6. The minimum absolute atomic E-state index is 0.128. The van der Waals surface area contributed by atoms with Gasteiger partial charge < -0.3 is 19.0 Å². The first-order valence-electron chi connectivity index (χ1n) is 5.63. The summed E-state index contributed by atoms with van der Waals surface area (Å²) in [6.45, 7) is 0.530. The van der Waals surface area contributed by atoms with Crippen molar-refractivity contribution in [1.29, 1.82) is 0 Å². The average molecular weight is 249 g/mol. The number of hydrogen-bond acceptors (Lipinski definition) is 5. The number of oxazole rings is 1. The summed E-state index contributed by atoms with van der Waals surface area (Å²) >= 11 is 0. The van der Waals surface area contributed by atoms with Crippen molar-refractivity contribution in [2.75, 3.05) is 13.7 Å². The Bertz CT molecular complexity index is 478. The second-order valence-corrected chi connectivity index (χ2v) is 3.75. The van der Waals surface area contributed by atoms with Crippen LogP contribution in [-0.4, -0.2) is 23.8 Å². The van der Waals surface area contributed by atoms with Gasteiger partial charge in [-0.1, -0.05) is 12.1 Å². The van der Waals surface area contributed by atoms with E-state index in [0.717, 1.165) is 6.42 Å². The number of aliphatic hydroxyl groups is 1. The summed E-state index contributed by atoms with van der Waals surface area (Å²) in [6, 6.07) is 7.61. The molecule has 1 aromatic heterocycles. The molecular weight excluding hydrogens is 234 g/mol. The van der Waals surface area contributed by atoms with Gasteiger partial charge in [0.05, 0.1) is 13.2 Å². The molecule has 1 heterocycles. The molecule has 1 aromatic carbocycles. The van der Waals surface area contributed by atoms with Gasteiger partial charge in [0.15, 0.2) is 0 Å². The van der Waals surface area contributed by atoms with Gasteiger partial charge in [-0.05, 0) is 24.1 Å². The Morgan fingerprint density at radius 1 is 1.28 bits per heavy atom. The van der Waals surface area contributed by atoms with Crippen molar-refractivity contribution >= 4 is 0 Å². The molecule has 0 fully saturated rings. The van der Waals surface area contributed by atoms with Crippen LogP contribution in [0.5, 0.6) is 11.8 Å². The molecule has 0 saturated carbocycles. The lowest BCUT2D eigenvalue weighted by molar-refractivity contribution is 0.202. The van der Waals surface area contributed by atoms with Crippen LogP contribution < -0.4 is 4.74 Å². The lowest BCUT2D eigenvalue weighted by atomic mass is 10.1. The Morgan fingerprint density at radius 3 is 2.67 bits per heavy atom. The first-order valence-corrected chi connectivity index (χ1v) is 5.63. The van der Waals surface area contributed by atoms with Crippen molar-refractivity contribution in [3.05, 3.63) is 41.8 Å². The van der Waals surface area contributed by atoms with E-state index in [4.69, 9.17) is 19.0 Å². The Kier molecular flexibility index (Phi) is 4.33. The van der Waals surface area contributed by atoms with Crippen LogP contribution in [0, 0.1) is 0 Å². The molecule has 0 aliphatic heterocycles. The average Bonchev–Trinajstić information content (AvgIpc) is 2.86. The molecule has 18 heavy (non-hydrogen) atoms. The van der Waals surface area contributed by atoms with E-state index in [0.29, 0.717) is 18.1 Å². The standard InChI is InChI=1S/C13H15NO4/c1-16-7-6-10-2-4-12(5-3-10)18-13-14-11(8-15)9-17-13/h2-5,9,15H,6-8H2,1H3. The Morgan fingerprint density at radius 2 is 2.06 bits per heavy atom. The van der Waals surface area contributed by atoms with Gasteiger partial charge in [0.25, 0.3) is 0 Å². The molecule has 2 aromatic rings. The number of benzene rings is 1. The zero-order valence-corrected chi connectivity index (χ0v) is 10.1. The molecular formula is C13H15NO4. The molecule has 0 atom stereocenters. The maximum Gasteiger partial charge on any atom is 0.399 e. The van der Waals surface area contributed by atoms with Crippen molar-refractivity contribution in [3.8, 4) is 11.8 Å². The van der Waals surface area contributed by atoms with Crippen molar-refractivity contribution in [2.45, 2.75) is 13.0 Å². The summed E-state index contributed by atoms with van der Waals surface area (Å²) in [4.78, 5) is 3.94. The molecule has 0 spiro atoms. The summed E-state index contributed by atoms with van der Waals surface area (Å²) in [5, 5.41) is 8.85. The maximum atomic E-state index is 8.85. The number of nitrogens with zero attached hydrogens (tertiary/aromatic N) is 1. The van der Waals surface area contributed by atoms with E-state index in [1.54, 1.807) is 7.11 Å². The molecule has 5 nitrogen and oxygen atoms in total. The molecule has 0 amide bonds. The molecule has 5 heteroatoms. The number of ether oxygens (including phenoxy) is 2. The molecule has 2 rings (SSSR count). The van der Waals surface area contributed by atoms with E-state index in [2.05, 4.69) is 4.98 Å². The summed E-state index contributed by atoms with van der Waals surface area (Å²) in [5.41, 5.74) is 1.62. The van der Waals surface area contributed by atoms with E-state index >= 15 is 0 Å². The third-order valence-corrected chi connectivity index (χ3v) is 2.42. The predicted molar refractivity (Wildman–Crippen MR) is 64.5 cm³/mol. The van der Waals surface area contributed by atoms with Gasteiger partial charge in [0.2, 0.25) is 0 Å². The minimum atomic E-state index is -0.164. The molecule has 96 valence electrons. The quantitative estimate of drug-likeness (QED) is 0.849. The van der Waals surface area contributed by atoms with Crippen LogP contribution in [-0.2, 0) is 17.8 Å². The number of hydrogen-bond donors (Lipinski definition) is 1. The van der Waals surface area contributed by atoms with Crippen molar-refractivity contribution < 1.29 is 19.0 Å². The summed E-state index contributed by atoms with van der Waals surface area (Å²) in [5.74, 6) is 0.641. The monoisotopic (exact) mass is 249 g/mol. The third-order valence-electron chi connectivity index (χ3n) is 2.42. The smallest absolute Gasteiger partial charge is 0.399 e. The van der Waals surface area contributed by atoms with Gasteiger partial charge in [-0.3, -0.25) is 0 Å². The highest BCUT2D eigenvalue weighted by molar-refractivity contribution is 5.29. The summed E-state index contributed by atoms with van der Waals surface area (Å²) < 4.78 is 15.4. The fourth-order valence-corrected chi connectivity index (χ4v) is 1.45. The van der Waals surface area contributed by atoms with Gasteiger partial charge in [-0.25, -0.2) is 0 Å². The second-order valence-electron chi connectivity index (χ2n) is 3.75. The molecule has 0 unspecified atom stereocenters. The molecule has 0 aliphatic carbocycles. The number of methoxy groups -OCH3 is 1. The van der Waals surface area contributed by atoms with Crippen LogP contribution in [0.3, 0.4) is 0 Å². The van der Waals surface area contributed by atoms with E-state index < -0.39 is 0 Å². The van der Waals surface area contributed by atoms with E-state index in [1.165, 1.54) is 11.8 Å². The predicted octanol–water partition coefficient (Wildman–Crippen LogP) is 2.15. The van der Waals surface area contributed by atoms with Crippen molar-refractivity contribution in [3.63, 3.8) is 0 Å². The number of aromatic nitrogens is 1. The van der Waals surface area contributed by atoms with Gasteiger partial charge >= 0.3 is 6.08 Å². The zero-order chi connectivity index (χ0) is 12.8. The SMILES string of the molecule is COCCc1ccc(Oc2nc(CO)co2)cc1. The van der Waals surface area contributed by atoms with Gasteiger partial charge in [0.1, 0.15) is 17.7 Å². The summed E-state index contributed by atoms with van der Waals surface area (Å²) in [6.07, 6.45) is 2.36. The maximum absolute atomic E-state index is 8.85. The van der Waals surface area contributed by atoms with Gasteiger partial charge in [-0.15, -0.1) is 0 Å². The van der Waals surface area contributed by atoms with Crippen molar-refractivity contribution in [2.24, 2.45) is 0 Å². The van der Waals surface area contributed by atoms with Crippen LogP contribution in [0.2, 0.25) is 0 Å². The molecule has 0 radical (unpaired) electrons. The van der Waals surface area contributed by atoms with Gasteiger partial charge in [-0.2, -0.15) is 4.98 Å².